The highest BCUT2D eigenvalue weighted by Crippen LogP contribution is 2.18. The largest absolute Gasteiger partial charge is 0.481 e. The van der Waals surface area contributed by atoms with Crippen LogP contribution in [0.4, 0.5) is 0 Å². The predicted molar refractivity (Wildman–Crippen MR) is 80.4 cm³/mol. The molecule has 2 N–H and O–H groups in total. The molecule has 0 amide bonds. The third-order valence-corrected chi connectivity index (χ3v) is 2.44. The van der Waals surface area contributed by atoms with E-state index in [4.69, 9.17) is 4.74 Å². The van der Waals surface area contributed by atoms with Crippen molar-refractivity contribution in [3.8, 4) is 5.88 Å². The van der Waals surface area contributed by atoms with Gasteiger partial charge in [-0.25, -0.2) is 4.98 Å². The molecule has 1 saturated carbocycles. The molecule has 18 heavy (non-hydrogen) atoms. The second-order valence-corrected chi connectivity index (χ2v) is 3.86. The van der Waals surface area contributed by atoms with Gasteiger partial charge in [0, 0.05) is 25.4 Å². The Balaban J connectivity index is 0.00000162. The van der Waals surface area contributed by atoms with Gasteiger partial charge in [-0.1, -0.05) is 0 Å². The van der Waals surface area contributed by atoms with E-state index < -0.39 is 0 Å². The summed E-state index contributed by atoms with van der Waals surface area (Å²) in [5.41, 5.74) is 0. The second-order valence-electron chi connectivity index (χ2n) is 3.86. The number of hydrogen-bond acceptors (Lipinski definition) is 4. The number of hydrogen-bond donors (Lipinski definition) is 2. The third-order valence-electron chi connectivity index (χ3n) is 2.44. The molecule has 1 aliphatic rings. The molecular weight excluding hydrogens is 345 g/mol. The van der Waals surface area contributed by atoms with Crippen molar-refractivity contribution in [1.29, 1.82) is 0 Å². The number of ether oxygens (including phenoxy) is 1. The smallest absolute Gasteiger partial charge is 0.216 e. The molecule has 1 aliphatic carbocycles. The Kier molecular flexibility index (Phi) is 6.10. The lowest BCUT2D eigenvalue weighted by atomic mass is 10.5. The van der Waals surface area contributed by atoms with Gasteiger partial charge in [-0.15, -0.1) is 24.0 Å². The van der Waals surface area contributed by atoms with E-state index in [0.717, 1.165) is 5.96 Å². The average Bonchev–Trinajstić information content (AvgIpc) is 3.18. The highest BCUT2D eigenvalue weighted by atomic mass is 127. The molecule has 0 unspecified atom stereocenters. The number of guanidine groups is 1. The first kappa shape index (κ1) is 14.9. The maximum Gasteiger partial charge on any atom is 0.216 e. The van der Waals surface area contributed by atoms with Crippen molar-refractivity contribution >= 4 is 29.9 Å². The van der Waals surface area contributed by atoms with Crippen LogP contribution >= 0.6 is 24.0 Å². The van der Waals surface area contributed by atoms with E-state index in [0.29, 0.717) is 24.3 Å². The summed E-state index contributed by atoms with van der Waals surface area (Å²) in [5.74, 6) is 2.05. The molecular formula is C11H18IN5O. The molecule has 0 atom stereocenters. The lowest BCUT2D eigenvalue weighted by Crippen LogP contribution is -2.38. The quantitative estimate of drug-likeness (QED) is 0.473. The van der Waals surface area contributed by atoms with Crippen LogP contribution in [0, 0.1) is 0 Å². The fraction of sp³-hybridized carbons (Fsp3) is 0.545. The summed E-state index contributed by atoms with van der Waals surface area (Å²) in [6.45, 7) is 0.531. The first-order chi connectivity index (χ1) is 8.31. The summed E-state index contributed by atoms with van der Waals surface area (Å²) in [6.07, 6.45) is 4.12. The molecule has 100 valence electrons. The Hall–Kier alpha value is -1.12. The molecule has 1 aromatic heterocycles. The Morgan fingerprint density at radius 1 is 1.56 bits per heavy atom. The molecule has 0 aromatic carbocycles. The van der Waals surface area contributed by atoms with Gasteiger partial charge in [-0.2, -0.15) is 4.98 Å². The maximum absolute atomic E-state index is 5.04. The van der Waals surface area contributed by atoms with Crippen LogP contribution in [0.15, 0.2) is 17.3 Å². The number of rotatable bonds is 4. The molecule has 1 aromatic rings. The lowest BCUT2D eigenvalue weighted by Gasteiger charge is -2.10. The number of nitrogens with one attached hydrogen (secondary N) is 2. The van der Waals surface area contributed by atoms with Gasteiger partial charge < -0.3 is 15.4 Å². The number of nitrogens with zero attached hydrogens (tertiary/aromatic N) is 3. The molecule has 0 spiro atoms. The molecule has 0 aliphatic heterocycles. The Labute approximate surface area is 124 Å². The summed E-state index contributed by atoms with van der Waals surface area (Å²) in [5, 5.41) is 6.46. The second kappa shape index (κ2) is 7.34. The lowest BCUT2D eigenvalue weighted by molar-refractivity contribution is 0.394. The van der Waals surface area contributed by atoms with Crippen LogP contribution < -0.4 is 15.4 Å². The van der Waals surface area contributed by atoms with Gasteiger partial charge in [-0.05, 0) is 12.8 Å². The van der Waals surface area contributed by atoms with Gasteiger partial charge in [0.05, 0.1) is 13.7 Å². The minimum Gasteiger partial charge on any atom is -0.481 e. The highest BCUT2D eigenvalue weighted by Gasteiger charge is 2.22. The van der Waals surface area contributed by atoms with E-state index in [9.17, 15) is 0 Å². The van der Waals surface area contributed by atoms with Crippen LogP contribution in [0.25, 0.3) is 0 Å². The van der Waals surface area contributed by atoms with Crippen molar-refractivity contribution in [1.82, 2.24) is 20.6 Å². The number of aliphatic imine (C=N–C) groups is 1. The van der Waals surface area contributed by atoms with Crippen molar-refractivity contribution in [2.24, 2.45) is 4.99 Å². The Morgan fingerprint density at radius 2 is 2.33 bits per heavy atom. The minimum absolute atomic E-state index is 0. The number of aromatic nitrogens is 2. The van der Waals surface area contributed by atoms with E-state index in [-0.39, 0.29) is 24.0 Å². The zero-order valence-corrected chi connectivity index (χ0v) is 12.8. The zero-order valence-electron chi connectivity index (χ0n) is 10.5. The number of methoxy groups -OCH3 is 1. The fourth-order valence-electron chi connectivity index (χ4n) is 1.36. The van der Waals surface area contributed by atoms with Crippen LogP contribution in [0.1, 0.15) is 18.7 Å². The normalized spacial score (nSPS) is 14.7. The van der Waals surface area contributed by atoms with Gasteiger partial charge in [0.1, 0.15) is 0 Å². The predicted octanol–water partition coefficient (Wildman–Crippen LogP) is 0.931. The monoisotopic (exact) mass is 363 g/mol. The summed E-state index contributed by atoms with van der Waals surface area (Å²) in [7, 11) is 3.34. The maximum atomic E-state index is 5.04. The molecule has 1 heterocycles. The SMILES string of the molecule is CN=C(NCc1nccc(OC)n1)NC1CC1.I. The summed E-state index contributed by atoms with van der Waals surface area (Å²) in [4.78, 5) is 12.5. The van der Waals surface area contributed by atoms with E-state index in [1.165, 1.54) is 12.8 Å². The summed E-state index contributed by atoms with van der Waals surface area (Å²) in [6, 6.07) is 2.30. The van der Waals surface area contributed by atoms with Crippen molar-refractivity contribution < 1.29 is 4.74 Å². The van der Waals surface area contributed by atoms with Gasteiger partial charge >= 0.3 is 0 Å². The van der Waals surface area contributed by atoms with Gasteiger partial charge in [-0.3, -0.25) is 4.99 Å². The molecule has 0 saturated heterocycles. The van der Waals surface area contributed by atoms with Gasteiger partial charge in [0.25, 0.3) is 0 Å². The van der Waals surface area contributed by atoms with Crippen LogP contribution in [0.3, 0.4) is 0 Å². The standard InChI is InChI=1S/C11H17N5O.HI/c1-12-11(15-8-3-4-8)14-7-9-13-6-5-10(16-9)17-2;/h5-6,8H,3-4,7H2,1-2H3,(H2,12,14,15);1H. The molecule has 2 rings (SSSR count). The van der Waals surface area contributed by atoms with Crippen LogP contribution in [0.2, 0.25) is 0 Å². The zero-order chi connectivity index (χ0) is 12.1. The van der Waals surface area contributed by atoms with Crippen molar-refractivity contribution in [2.75, 3.05) is 14.2 Å². The fourth-order valence-corrected chi connectivity index (χ4v) is 1.36. The van der Waals surface area contributed by atoms with Crippen LogP contribution in [0.5, 0.6) is 5.88 Å². The first-order valence-corrected chi connectivity index (χ1v) is 5.65. The Morgan fingerprint density at radius 3 is 2.94 bits per heavy atom. The summed E-state index contributed by atoms with van der Waals surface area (Å²) >= 11 is 0. The van der Waals surface area contributed by atoms with Gasteiger partial charge in [0.15, 0.2) is 11.8 Å². The van der Waals surface area contributed by atoms with Crippen molar-refractivity contribution in [2.45, 2.75) is 25.4 Å². The minimum atomic E-state index is 0. The van der Waals surface area contributed by atoms with E-state index in [2.05, 4.69) is 25.6 Å². The molecule has 1 fully saturated rings. The molecule has 0 bridgehead atoms. The topological polar surface area (TPSA) is 71.4 Å². The highest BCUT2D eigenvalue weighted by molar-refractivity contribution is 14.0. The van der Waals surface area contributed by atoms with Crippen LogP contribution in [-0.4, -0.2) is 36.1 Å². The molecule has 6 nitrogen and oxygen atoms in total. The Bertz CT molecular complexity index is 408. The third kappa shape index (κ3) is 4.63. The van der Waals surface area contributed by atoms with E-state index in [1.54, 1.807) is 26.4 Å². The summed E-state index contributed by atoms with van der Waals surface area (Å²) < 4.78 is 5.04. The van der Waals surface area contributed by atoms with Gasteiger partial charge in [0.2, 0.25) is 5.88 Å². The number of halogens is 1. The van der Waals surface area contributed by atoms with E-state index in [1.807, 2.05) is 0 Å². The van der Waals surface area contributed by atoms with E-state index >= 15 is 0 Å². The van der Waals surface area contributed by atoms with Crippen molar-refractivity contribution in [3.63, 3.8) is 0 Å². The average molecular weight is 363 g/mol. The van der Waals surface area contributed by atoms with Crippen LogP contribution in [-0.2, 0) is 6.54 Å². The molecule has 0 radical (unpaired) electrons. The first-order valence-electron chi connectivity index (χ1n) is 5.65. The van der Waals surface area contributed by atoms with Crippen molar-refractivity contribution in [3.05, 3.63) is 18.1 Å². The molecule has 7 heteroatoms.